The Morgan fingerprint density at radius 2 is 1.83 bits per heavy atom. The number of nitrogens with one attached hydrogen (secondary N) is 1. The maximum atomic E-state index is 12.2. The summed E-state index contributed by atoms with van der Waals surface area (Å²) in [5, 5.41) is 19.6. The number of amides is 1. The van der Waals surface area contributed by atoms with Crippen molar-refractivity contribution in [2.24, 2.45) is 17.3 Å². The molecule has 1 aromatic carbocycles. The number of aromatic nitrogens is 2. The lowest BCUT2D eigenvalue weighted by atomic mass is 10.1. The molecule has 0 bridgehead atoms. The molecule has 2 atom stereocenters. The Morgan fingerprint density at radius 3 is 2.30 bits per heavy atom. The van der Waals surface area contributed by atoms with Crippen LogP contribution >= 0.6 is 0 Å². The van der Waals surface area contributed by atoms with Crippen LogP contribution in [-0.4, -0.2) is 27.2 Å². The molecule has 1 aromatic heterocycles. The third kappa shape index (κ3) is 2.69. The Bertz CT molecular complexity index is 764. The third-order valence-electron chi connectivity index (χ3n) is 4.30. The first-order chi connectivity index (χ1) is 10.8. The molecule has 1 amide bonds. The van der Waals surface area contributed by atoms with Gasteiger partial charge in [-0.25, -0.2) is 0 Å². The number of aryl methyl sites for hydroxylation is 1. The summed E-state index contributed by atoms with van der Waals surface area (Å²) < 4.78 is 5.33. The smallest absolute Gasteiger partial charge is 0.307 e. The summed E-state index contributed by atoms with van der Waals surface area (Å²) in [7, 11) is 0. The van der Waals surface area contributed by atoms with E-state index < -0.39 is 23.2 Å². The number of carboxylic acid groups (broad SMARTS) is 1. The van der Waals surface area contributed by atoms with Crippen molar-refractivity contribution in [3.63, 3.8) is 0 Å². The van der Waals surface area contributed by atoms with Crippen LogP contribution in [0, 0.1) is 24.2 Å². The summed E-state index contributed by atoms with van der Waals surface area (Å²) in [6.45, 7) is 5.29. The molecule has 1 saturated carbocycles. The number of rotatable bonds is 4. The molecule has 2 N–H and O–H groups in total. The van der Waals surface area contributed by atoms with Gasteiger partial charge in [-0.15, -0.1) is 10.2 Å². The van der Waals surface area contributed by atoms with Gasteiger partial charge in [0.2, 0.25) is 17.7 Å². The zero-order chi connectivity index (χ0) is 16.8. The summed E-state index contributed by atoms with van der Waals surface area (Å²) in [4.78, 5) is 23.4. The lowest BCUT2D eigenvalue weighted by Crippen LogP contribution is -2.17. The van der Waals surface area contributed by atoms with Crippen molar-refractivity contribution in [1.29, 1.82) is 0 Å². The van der Waals surface area contributed by atoms with Crippen LogP contribution in [0.2, 0.25) is 0 Å². The van der Waals surface area contributed by atoms with Crippen LogP contribution in [-0.2, 0) is 9.59 Å². The monoisotopic (exact) mass is 315 g/mol. The van der Waals surface area contributed by atoms with E-state index in [-0.39, 0.29) is 5.91 Å². The molecule has 0 radical (unpaired) electrons. The number of aliphatic carboxylic acids is 1. The normalized spacial score (nSPS) is 21.7. The molecule has 0 aliphatic heterocycles. The lowest BCUT2D eigenvalue weighted by molar-refractivity contribution is -0.140. The molecule has 0 saturated heterocycles. The molecule has 120 valence electrons. The van der Waals surface area contributed by atoms with Crippen molar-refractivity contribution >= 4 is 17.6 Å². The quantitative estimate of drug-likeness (QED) is 0.897. The van der Waals surface area contributed by atoms with E-state index in [2.05, 4.69) is 15.5 Å². The second-order valence-corrected chi connectivity index (χ2v) is 6.31. The Morgan fingerprint density at radius 1 is 1.17 bits per heavy atom. The molecule has 7 nitrogen and oxygen atoms in total. The van der Waals surface area contributed by atoms with Gasteiger partial charge in [-0.05, 0) is 29.7 Å². The number of hydrogen-bond acceptors (Lipinski definition) is 5. The summed E-state index contributed by atoms with van der Waals surface area (Å²) in [6.07, 6.45) is 0. The molecule has 23 heavy (non-hydrogen) atoms. The van der Waals surface area contributed by atoms with E-state index in [1.54, 1.807) is 45.0 Å². The molecule has 1 aliphatic rings. The fraction of sp³-hybridized carbons (Fsp3) is 0.375. The van der Waals surface area contributed by atoms with Crippen LogP contribution in [0.1, 0.15) is 19.7 Å². The molecule has 0 spiro atoms. The molecule has 2 aromatic rings. The summed E-state index contributed by atoms with van der Waals surface area (Å²) in [5.74, 6) is -1.47. The number of carbonyl (C=O) groups excluding carboxylic acids is 1. The highest BCUT2D eigenvalue weighted by molar-refractivity contribution is 5.99. The molecular weight excluding hydrogens is 298 g/mol. The van der Waals surface area contributed by atoms with Gasteiger partial charge in [0, 0.05) is 18.2 Å². The van der Waals surface area contributed by atoms with Crippen LogP contribution in [0.3, 0.4) is 0 Å². The summed E-state index contributed by atoms with van der Waals surface area (Å²) in [5.41, 5.74) is 0.831. The van der Waals surface area contributed by atoms with Gasteiger partial charge in [-0.3, -0.25) is 9.59 Å². The lowest BCUT2D eigenvalue weighted by Gasteiger charge is -2.06. The van der Waals surface area contributed by atoms with Crippen LogP contribution in [0.5, 0.6) is 0 Å². The number of anilines is 1. The average molecular weight is 315 g/mol. The van der Waals surface area contributed by atoms with Gasteiger partial charge in [0.1, 0.15) is 0 Å². The molecular formula is C16H17N3O4. The number of carbonyl (C=O) groups is 2. The van der Waals surface area contributed by atoms with Crippen LogP contribution in [0.4, 0.5) is 5.69 Å². The Kier molecular flexibility index (Phi) is 3.43. The van der Waals surface area contributed by atoms with Crippen molar-refractivity contribution in [1.82, 2.24) is 10.2 Å². The van der Waals surface area contributed by atoms with Crippen LogP contribution in [0.15, 0.2) is 28.7 Å². The van der Waals surface area contributed by atoms with Gasteiger partial charge in [-0.1, -0.05) is 13.8 Å². The van der Waals surface area contributed by atoms with Gasteiger partial charge in [0.15, 0.2) is 0 Å². The maximum absolute atomic E-state index is 12.2. The van der Waals surface area contributed by atoms with Crippen molar-refractivity contribution in [2.75, 3.05) is 5.32 Å². The van der Waals surface area contributed by atoms with E-state index in [4.69, 9.17) is 9.52 Å². The zero-order valence-electron chi connectivity index (χ0n) is 13.0. The van der Waals surface area contributed by atoms with Gasteiger partial charge < -0.3 is 14.8 Å². The minimum Gasteiger partial charge on any atom is -0.481 e. The van der Waals surface area contributed by atoms with Crippen molar-refractivity contribution in [2.45, 2.75) is 20.8 Å². The van der Waals surface area contributed by atoms with Crippen molar-refractivity contribution < 1.29 is 19.1 Å². The fourth-order valence-electron chi connectivity index (χ4n) is 2.92. The summed E-state index contributed by atoms with van der Waals surface area (Å²) >= 11 is 0. The van der Waals surface area contributed by atoms with Crippen LogP contribution in [0.25, 0.3) is 11.5 Å². The van der Waals surface area contributed by atoms with E-state index in [9.17, 15) is 9.59 Å². The minimum atomic E-state index is -0.933. The number of carboxylic acids is 1. The first kappa shape index (κ1) is 15.2. The first-order valence-corrected chi connectivity index (χ1v) is 7.25. The molecule has 2 unspecified atom stereocenters. The maximum Gasteiger partial charge on any atom is 0.307 e. The molecule has 1 fully saturated rings. The topological polar surface area (TPSA) is 105 Å². The van der Waals surface area contributed by atoms with E-state index >= 15 is 0 Å². The van der Waals surface area contributed by atoms with E-state index in [0.717, 1.165) is 5.56 Å². The second-order valence-electron chi connectivity index (χ2n) is 6.31. The highest BCUT2D eigenvalue weighted by atomic mass is 16.4. The SMILES string of the molecule is Cc1nnc(-c2ccc(NC(=O)C3C(C(=O)O)C3(C)C)cc2)o1. The van der Waals surface area contributed by atoms with Crippen molar-refractivity contribution in [3.05, 3.63) is 30.2 Å². The Balaban J connectivity index is 1.69. The third-order valence-corrected chi connectivity index (χ3v) is 4.30. The molecule has 1 aliphatic carbocycles. The van der Waals surface area contributed by atoms with Gasteiger partial charge in [0.25, 0.3) is 0 Å². The molecule has 3 rings (SSSR count). The number of nitrogens with zero attached hydrogens (tertiary/aromatic N) is 2. The standard InChI is InChI=1S/C16H17N3O4/c1-8-18-19-14(23-8)9-4-6-10(7-5-9)17-13(20)11-12(15(21)22)16(11,2)3/h4-7,11-12H,1-3H3,(H,17,20)(H,21,22). The molecule has 7 heteroatoms. The second kappa shape index (κ2) is 5.19. The highest BCUT2D eigenvalue weighted by Crippen LogP contribution is 2.58. The predicted octanol–water partition coefficient (Wildman–Crippen LogP) is 2.34. The Labute approximate surface area is 132 Å². The first-order valence-electron chi connectivity index (χ1n) is 7.25. The number of hydrogen-bond donors (Lipinski definition) is 2. The van der Waals surface area contributed by atoms with Crippen LogP contribution < -0.4 is 5.32 Å². The minimum absolute atomic E-state index is 0.274. The summed E-state index contributed by atoms with van der Waals surface area (Å²) in [6, 6.07) is 6.96. The van der Waals surface area contributed by atoms with Gasteiger partial charge >= 0.3 is 5.97 Å². The highest BCUT2D eigenvalue weighted by Gasteiger charge is 2.65. The molecule has 1 heterocycles. The zero-order valence-corrected chi connectivity index (χ0v) is 13.0. The van der Waals surface area contributed by atoms with Gasteiger partial charge in [-0.2, -0.15) is 0 Å². The van der Waals surface area contributed by atoms with E-state index in [0.29, 0.717) is 17.5 Å². The van der Waals surface area contributed by atoms with Gasteiger partial charge in [0.05, 0.1) is 11.8 Å². The number of benzene rings is 1. The fourth-order valence-corrected chi connectivity index (χ4v) is 2.92. The van der Waals surface area contributed by atoms with E-state index in [1.807, 2.05) is 0 Å². The van der Waals surface area contributed by atoms with Crippen molar-refractivity contribution in [3.8, 4) is 11.5 Å². The average Bonchev–Trinajstić information content (AvgIpc) is 2.83. The Hall–Kier alpha value is -2.70. The largest absolute Gasteiger partial charge is 0.481 e. The van der Waals surface area contributed by atoms with E-state index in [1.165, 1.54) is 0 Å². The predicted molar refractivity (Wildman–Crippen MR) is 81.5 cm³/mol.